The summed E-state index contributed by atoms with van der Waals surface area (Å²) in [5.74, 6) is 0.693. The number of rotatable bonds is 2. The van der Waals surface area contributed by atoms with Crippen LogP contribution in [0.15, 0.2) is 21.9 Å². The van der Waals surface area contributed by atoms with Crippen LogP contribution < -0.4 is 16.1 Å². The molecule has 2 rings (SSSR count). The molecule has 0 spiro atoms. The molecule has 2 heterocycles. The lowest BCUT2D eigenvalue weighted by Crippen LogP contribution is -2.40. The van der Waals surface area contributed by atoms with Crippen molar-refractivity contribution in [1.29, 1.82) is 0 Å². The number of nitrogens with zero attached hydrogens (tertiary/aromatic N) is 4. The second kappa shape index (κ2) is 4.53. The van der Waals surface area contributed by atoms with Crippen molar-refractivity contribution in [3.63, 3.8) is 0 Å². The lowest BCUT2D eigenvalue weighted by molar-refractivity contribution is 0.532. The van der Waals surface area contributed by atoms with Crippen LogP contribution in [0.25, 0.3) is 10.9 Å². The molecule has 0 fully saturated rings. The van der Waals surface area contributed by atoms with Crippen LogP contribution in [0.2, 0.25) is 0 Å². The largest absolute Gasteiger partial charge is 0.363 e. The van der Waals surface area contributed by atoms with E-state index in [9.17, 15) is 9.59 Å². The predicted octanol–water partition coefficient (Wildman–Crippen LogP) is 0.742. The maximum Gasteiger partial charge on any atom is 0.331 e. The number of aryl methyl sites for hydroxylation is 1. The van der Waals surface area contributed by atoms with E-state index in [4.69, 9.17) is 0 Å². The molecule has 0 aliphatic heterocycles. The Hall–Kier alpha value is -2.11. The standard InChI is InChI=1S/C13H18N4O2/c1-8(2)17-12(18)9-6-11(15(3)4)14-7-10(9)16(5)13(17)19/h6-8H,1-5H3. The Bertz CT molecular complexity index is 741. The first-order chi connectivity index (χ1) is 8.84. The molecule has 6 nitrogen and oxygen atoms in total. The molecular formula is C13H18N4O2. The summed E-state index contributed by atoms with van der Waals surface area (Å²) in [5, 5.41) is 0.509. The molecule has 0 atom stereocenters. The molecule has 0 N–H and O–H groups in total. The molecule has 0 radical (unpaired) electrons. The molecule has 0 saturated carbocycles. The van der Waals surface area contributed by atoms with Crippen LogP contribution in [0.3, 0.4) is 0 Å². The Morgan fingerprint density at radius 2 is 1.89 bits per heavy atom. The fourth-order valence-corrected chi connectivity index (χ4v) is 2.06. The second-order valence-corrected chi connectivity index (χ2v) is 5.06. The molecule has 0 aromatic carbocycles. The summed E-state index contributed by atoms with van der Waals surface area (Å²) in [5.41, 5.74) is -0.0250. The van der Waals surface area contributed by atoms with E-state index >= 15 is 0 Å². The highest BCUT2D eigenvalue weighted by Gasteiger charge is 2.14. The van der Waals surface area contributed by atoms with Crippen molar-refractivity contribution in [1.82, 2.24) is 14.1 Å². The van der Waals surface area contributed by atoms with Gasteiger partial charge in [0.05, 0.1) is 17.1 Å². The predicted molar refractivity (Wildman–Crippen MR) is 76.0 cm³/mol. The summed E-state index contributed by atoms with van der Waals surface area (Å²) in [4.78, 5) is 30.6. The Labute approximate surface area is 110 Å². The topological polar surface area (TPSA) is 60.1 Å². The molecule has 6 heteroatoms. The first-order valence-corrected chi connectivity index (χ1v) is 6.13. The monoisotopic (exact) mass is 262 g/mol. The molecule has 19 heavy (non-hydrogen) atoms. The van der Waals surface area contributed by atoms with Gasteiger partial charge in [0.1, 0.15) is 5.82 Å². The third-order valence-electron chi connectivity index (χ3n) is 3.15. The van der Waals surface area contributed by atoms with Gasteiger partial charge in [-0.2, -0.15) is 0 Å². The van der Waals surface area contributed by atoms with Crippen molar-refractivity contribution >= 4 is 16.7 Å². The summed E-state index contributed by atoms with van der Waals surface area (Å²) < 4.78 is 2.73. The molecule has 0 aliphatic carbocycles. The van der Waals surface area contributed by atoms with E-state index in [1.54, 1.807) is 19.3 Å². The van der Waals surface area contributed by atoms with Gasteiger partial charge in [0.15, 0.2) is 0 Å². The Morgan fingerprint density at radius 1 is 1.26 bits per heavy atom. The minimum atomic E-state index is -0.313. The molecule has 2 aromatic rings. The van der Waals surface area contributed by atoms with Gasteiger partial charge in [0.25, 0.3) is 5.56 Å². The van der Waals surface area contributed by atoms with Crippen LogP contribution in [0, 0.1) is 0 Å². The van der Waals surface area contributed by atoms with Gasteiger partial charge in [-0.1, -0.05) is 0 Å². The molecule has 0 bridgehead atoms. The zero-order chi connectivity index (χ0) is 14.3. The van der Waals surface area contributed by atoms with Crippen molar-refractivity contribution in [3.8, 4) is 0 Å². The average molecular weight is 262 g/mol. The first kappa shape index (κ1) is 13.3. The Kier molecular flexibility index (Phi) is 3.18. The second-order valence-electron chi connectivity index (χ2n) is 5.06. The normalized spacial score (nSPS) is 11.3. The SMILES string of the molecule is CC(C)n1c(=O)c2cc(N(C)C)ncc2n(C)c1=O. The fraction of sp³-hybridized carbons (Fsp3) is 0.462. The first-order valence-electron chi connectivity index (χ1n) is 6.13. The van der Waals surface area contributed by atoms with Crippen LogP contribution in [0.5, 0.6) is 0 Å². The van der Waals surface area contributed by atoms with Gasteiger partial charge in [0, 0.05) is 27.2 Å². The van der Waals surface area contributed by atoms with Crippen LogP contribution in [-0.2, 0) is 7.05 Å². The van der Waals surface area contributed by atoms with Gasteiger partial charge < -0.3 is 4.90 Å². The van der Waals surface area contributed by atoms with Crippen LogP contribution in [-0.4, -0.2) is 28.2 Å². The quantitative estimate of drug-likeness (QED) is 0.801. The minimum absolute atomic E-state index is 0.174. The lowest BCUT2D eigenvalue weighted by atomic mass is 10.2. The van der Waals surface area contributed by atoms with Gasteiger partial charge in [-0.25, -0.2) is 9.78 Å². The zero-order valence-electron chi connectivity index (χ0n) is 11.8. The van der Waals surface area contributed by atoms with E-state index in [1.807, 2.05) is 32.8 Å². The van der Waals surface area contributed by atoms with E-state index in [2.05, 4.69) is 4.98 Å². The van der Waals surface area contributed by atoms with Crippen LogP contribution in [0.4, 0.5) is 5.82 Å². The summed E-state index contributed by atoms with van der Waals surface area (Å²) in [6.45, 7) is 3.64. The third-order valence-corrected chi connectivity index (χ3v) is 3.15. The maximum absolute atomic E-state index is 12.4. The molecular weight excluding hydrogens is 244 g/mol. The number of hydrogen-bond acceptors (Lipinski definition) is 4. The Morgan fingerprint density at radius 3 is 2.42 bits per heavy atom. The fourth-order valence-electron chi connectivity index (χ4n) is 2.06. The third kappa shape index (κ3) is 2.03. The smallest absolute Gasteiger partial charge is 0.331 e. The Balaban J connectivity index is 2.96. The summed E-state index contributed by atoms with van der Waals surface area (Å²) >= 11 is 0. The van der Waals surface area contributed by atoms with Gasteiger partial charge in [-0.05, 0) is 19.9 Å². The van der Waals surface area contributed by atoms with Gasteiger partial charge in [-0.15, -0.1) is 0 Å². The summed E-state index contributed by atoms with van der Waals surface area (Å²) in [7, 11) is 5.37. The molecule has 102 valence electrons. The number of hydrogen-bond donors (Lipinski definition) is 0. The van der Waals surface area contributed by atoms with Gasteiger partial charge >= 0.3 is 5.69 Å². The van der Waals surface area contributed by atoms with E-state index in [1.165, 1.54) is 9.13 Å². The molecule has 0 aliphatic rings. The van der Waals surface area contributed by atoms with Crippen LogP contribution in [0.1, 0.15) is 19.9 Å². The molecule has 0 unspecified atom stereocenters. The number of pyridine rings is 1. The molecule has 2 aromatic heterocycles. The highest BCUT2D eigenvalue weighted by atomic mass is 16.2. The highest BCUT2D eigenvalue weighted by molar-refractivity contribution is 5.79. The zero-order valence-corrected chi connectivity index (χ0v) is 11.8. The molecule has 0 amide bonds. The van der Waals surface area contributed by atoms with Gasteiger partial charge in [0.2, 0.25) is 0 Å². The molecule has 0 saturated heterocycles. The van der Waals surface area contributed by atoms with Crippen molar-refractivity contribution in [2.75, 3.05) is 19.0 Å². The average Bonchev–Trinajstić information content (AvgIpc) is 2.35. The van der Waals surface area contributed by atoms with E-state index < -0.39 is 0 Å². The van der Waals surface area contributed by atoms with E-state index in [0.717, 1.165) is 0 Å². The van der Waals surface area contributed by atoms with Crippen molar-refractivity contribution < 1.29 is 0 Å². The number of fused-ring (bicyclic) bond motifs is 1. The van der Waals surface area contributed by atoms with Crippen molar-refractivity contribution in [2.24, 2.45) is 7.05 Å². The maximum atomic E-state index is 12.4. The van der Waals surface area contributed by atoms with E-state index in [0.29, 0.717) is 16.7 Å². The number of aromatic nitrogens is 3. The van der Waals surface area contributed by atoms with Crippen molar-refractivity contribution in [2.45, 2.75) is 19.9 Å². The van der Waals surface area contributed by atoms with Crippen molar-refractivity contribution in [3.05, 3.63) is 33.1 Å². The highest BCUT2D eigenvalue weighted by Crippen LogP contribution is 2.14. The summed E-state index contributed by atoms with van der Waals surface area (Å²) in [6.07, 6.45) is 1.57. The number of anilines is 1. The lowest BCUT2D eigenvalue weighted by Gasteiger charge is -2.15. The minimum Gasteiger partial charge on any atom is -0.363 e. The van der Waals surface area contributed by atoms with Gasteiger partial charge in [-0.3, -0.25) is 13.9 Å². The van der Waals surface area contributed by atoms with E-state index in [-0.39, 0.29) is 17.3 Å². The van der Waals surface area contributed by atoms with Crippen LogP contribution >= 0.6 is 0 Å². The summed E-state index contributed by atoms with van der Waals surface area (Å²) in [6, 6.07) is 1.54.